The number of amides is 3. The fourth-order valence-electron chi connectivity index (χ4n) is 13.9. The zero-order chi connectivity index (χ0) is 54.1. The standard InChI is InChI=1S/C59H64F2N10O8/c1-3-41-43(60)12-9-35-7-4-8-42(49(35)41)52-51(61)53-50-44(62-52)13-10-37-32-76-30-6-24-69(37)54(50)65-56(64-53)78-34-59-22-5-25-70(59)38(17-23-59)33-77-58(75)68-28-20-40(21-29-68)79-39-18-26-67(27-19-39)36-11-14-45-47(31-36)66(2)57(74)71(45)46-15-16-48(72)63-55(46)73/h1,4,7-9,11-12,14,31,37-40,46H,5-6,10,13,15-30,32-34H2,2H3,(H,63,72,73)/t37-,38-,46?,59-/m0/s1. The molecular weight excluding hydrogens is 1010 g/mol. The molecule has 3 amide bonds. The number of benzene rings is 3. The van der Waals surface area contributed by atoms with Crippen molar-refractivity contribution >= 4 is 62.1 Å². The first-order valence-corrected chi connectivity index (χ1v) is 28.1. The molecule has 0 saturated carbocycles. The topological polar surface area (TPSA) is 179 Å². The van der Waals surface area contributed by atoms with Gasteiger partial charge in [-0.3, -0.25) is 28.9 Å². The largest absolute Gasteiger partial charge is 0.461 e. The fraction of sp³-hybridized carbons (Fsp3) is 0.508. The molecule has 3 aromatic heterocycles. The Balaban J connectivity index is 0.634. The van der Waals surface area contributed by atoms with Crippen LogP contribution in [-0.4, -0.2) is 147 Å². The number of imidazole rings is 1. The number of pyridine rings is 1. The number of rotatable bonds is 10. The lowest BCUT2D eigenvalue weighted by molar-refractivity contribution is -0.135. The number of halogens is 2. The van der Waals surface area contributed by atoms with E-state index in [2.05, 4.69) is 25.9 Å². The van der Waals surface area contributed by atoms with Gasteiger partial charge in [0.05, 0.1) is 58.1 Å². The molecule has 3 aromatic carbocycles. The molecule has 0 spiro atoms. The van der Waals surface area contributed by atoms with Gasteiger partial charge in [0, 0.05) is 75.5 Å². The zero-order valence-electron chi connectivity index (χ0n) is 44.4. The van der Waals surface area contributed by atoms with E-state index in [-0.39, 0.29) is 96.4 Å². The summed E-state index contributed by atoms with van der Waals surface area (Å²) in [6, 6.07) is 13.5. The highest BCUT2D eigenvalue weighted by atomic mass is 19.1. The summed E-state index contributed by atoms with van der Waals surface area (Å²) in [5.74, 6) is 1.08. The molecule has 7 aliphatic heterocycles. The summed E-state index contributed by atoms with van der Waals surface area (Å²) in [7, 11) is 1.71. The Hall–Kier alpha value is -7.21. The summed E-state index contributed by atoms with van der Waals surface area (Å²) < 4.78 is 61.1. The van der Waals surface area contributed by atoms with Crippen LogP contribution in [0.15, 0.2) is 53.3 Å². The number of ether oxygens (including phenoxy) is 4. The van der Waals surface area contributed by atoms with Crippen molar-refractivity contribution in [1.82, 2.24) is 39.2 Å². The molecule has 6 fully saturated rings. The van der Waals surface area contributed by atoms with Gasteiger partial charge >= 0.3 is 17.8 Å². The number of terminal acetylenes is 1. The van der Waals surface area contributed by atoms with E-state index in [9.17, 15) is 19.2 Å². The predicted molar refractivity (Wildman–Crippen MR) is 291 cm³/mol. The number of piperidine rings is 3. The third-order valence-electron chi connectivity index (χ3n) is 18.0. The Morgan fingerprint density at radius 1 is 0.873 bits per heavy atom. The van der Waals surface area contributed by atoms with Crippen LogP contribution < -0.4 is 25.5 Å². The Morgan fingerprint density at radius 2 is 1.70 bits per heavy atom. The molecule has 20 heteroatoms. The van der Waals surface area contributed by atoms with E-state index in [0.29, 0.717) is 84.4 Å². The van der Waals surface area contributed by atoms with Gasteiger partial charge in [-0.15, -0.1) is 6.42 Å². The molecule has 6 aromatic rings. The van der Waals surface area contributed by atoms with E-state index in [1.54, 1.807) is 34.7 Å². The van der Waals surface area contributed by atoms with Gasteiger partial charge in [0.2, 0.25) is 11.8 Å². The second kappa shape index (κ2) is 20.8. The number of aryl methyl sites for hydroxylation is 2. The van der Waals surface area contributed by atoms with Crippen LogP contribution in [0.5, 0.6) is 6.01 Å². The number of carbonyl (C=O) groups excluding carboxylic acids is 3. The van der Waals surface area contributed by atoms with Crippen LogP contribution in [-0.2, 0) is 37.3 Å². The zero-order valence-corrected chi connectivity index (χ0v) is 44.4. The lowest BCUT2D eigenvalue weighted by Crippen LogP contribution is -2.49. The number of fused-ring (bicyclic) bond motifs is 5. The lowest BCUT2D eigenvalue weighted by Gasteiger charge is -2.38. The molecule has 0 bridgehead atoms. The van der Waals surface area contributed by atoms with Gasteiger partial charge in [-0.25, -0.2) is 23.4 Å². The minimum absolute atomic E-state index is 0.0148. The number of imide groups is 1. The first-order chi connectivity index (χ1) is 38.4. The lowest BCUT2D eigenvalue weighted by atomic mass is 9.95. The van der Waals surface area contributed by atoms with E-state index >= 15 is 8.78 Å². The monoisotopic (exact) mass is 1080 g/mol. The number of nitrogens with one attached hydrogen (secondary N) is 1. The molecule has 7 aliphatic rings. The smallest absolute Gasteiger partial charge is 0.409 e. The van der Waals surface area contributed by atoms with Crippen LogP contribution >= 0.6 is 0 Å². The van der Waals surface area contributed by atoms with E-state index in [4.69, 9.17) is 40.3 Å². The number of hydrogen-bond donors (Lipinski definition) is 1. The van der Waals surface area contributed by atoms with Crippen molar-refractivity contribution in [2.75, 3.05) is 75.5 Å². The van der Waals surface area contributed by atoms with Crippen LogP contribution in [0.4, 0.5) is 25.1 Å². The van der Waals surface area contributed by atoms with Crippen LogP contribution in [0.3, 0.4) is 0 Å². The number of carbonyl (C=O) groups is 3. The molecule has 4 atom stereocenters. The number of aromatic nitrogens is 5. The third kappa shape index (κ3) is 9.20. The second-order valence-corrected chi connectivity index (χ2v) is 22.5. The van der Waals surface area contributed by atoms with Gasteiger partial charge in [-0.1, -0.05) is 30.2 Å². The van der Waals surface area contributed by atoms with Gasteiger partial charge in [0.1, 0.15) is 42.1 Å². The molecule has 6 saturated heterocycles. The summed E-state index contributed by atoms with van der Waals surface area (Å²) in [5.41, 5.74) is 3.01. The van der Waals surface area contributed by atoms with Crippen molar-refractivity contribution in [2.45, 2.75) is 119 Å². The van der Waals surface area contributed by atoms with E-state index in [0.717, 1.165) is 88.6 Å². The molecule has 0 radical (unpaired) electrons. The molecule has 79 heavy (non-hydrogen) atoms. The second-order valence-electron chi connectivity index (χ2n) is 22.5. The third-order valence-corrected chi connectivity index (χ3v) is 18.0. The quantitative estimate of drug-likeness (QED) is 0.110. The normalized spacial score (nSPS) is 24.1. The van der Waals surface area contributed by atoms with Crippen LogP contribution in [0, 0.1) is 24.0 Å². The van der Waals surface area contributed by atoms with Gasteiger partial charge in [0.25, 0.3) is 0 Å². The predicted octanol–water partition coefficient (Wildman–Crippen LogP) is 6.94. The minimum Gasteiger partial charge on any atom is -0.461 e. The van der Waals surface area contributed by atoms with Gasteiger partial charge in [-0.05, 0) is 113 Å². The number of hydrogen-bond acceptors (Lipinski definition) is 14. The summed E-state index contributed by atoms with van der Waals surface area (Å²) in [6.45, 7) is 5.84. The van der Waals surface area contributed by atoms with Gasteiger partial charge < -0.3 is 33.6 Å². The Bertz CT molecular complexity index is 3530. The summed E-state index contributed by atoms with van der Waals surface area (Å²) in [4.78, 5) is 75.0. The highest BCUT2D eigenvalue weighted by molar-refractivity contribution is 6.03. The highest BCUT2D eigenvalue weighted by Crippen LogP contribution is 2.45. The minimum atomic E-state index is -0.728. The first-order valence-electron chi connectivity index (χ1n) is 28.1. The van der Waals surface area contributed by atoms with Gasteiger partial charge in [0.15, 0.2) is 5.82 Å². The average Bonchev–Trinajstić information content (AvgIpc) is 4.24. The SMILES string of the molecule is C#Cc1c(F)ccc2cccc(-c3nc4c5c(nc(OC[C@@]67CCCN6[C@H](COC(=O)N6CCC(OC8CCN(c9ccc%10c(c9)n(C)c(=O)n%10C9CCC(=O)NC9=O)CC8)CC6)CC7)nc5c3F)N3CCCOC[C@@H]3CC4)c12. The Morgan fingerprint density at radius 3 is 2.51 bits per heavy atom. The van der Waals surface area contributed by atoms with Crippen molar-refractivity contribution in [3.8, 4) is 29.6 Å². The van der Waals surface area contributed by atoms with Gasteiger partial charge in [-0.2, -0.15) is 9.97 Å². The molecule has 0 aliphatic carbocycles. The van der Waals surface area contributed by atoms with Crippen LogP contribution in [0.1, 0.15) is 94.3 Å². The van der Waals surface area contributed by atoms with Crippen LogP contribution in [0.2, 0.25) is 0 Å². The molecule has 13 rings (SSSR count). The first kappa shape index (κ1) is 51.2. The van der Waals surface area contributed by atoms with Crippen molar-refractivity contribution in [3.05, 3.63) is 81.9 Å². The molecule has 18 nitrogen and oxygen atoms in total. The summed E-state index contributed by atoms with van der Waals surface area (Å²) in [5, 5.41) is 4.00. The molecular formula is C59H64F2N10O8. The van der Waals surface area contributed by atoms with Crippen molar-refractivity contribution in [2.24, 2.45) is 7.05 Å². The fourth-order valence-corrected chi connectivity index (χ4v) is 13.9. The molecule has 1 unspecified atom stereocenters. The average molecular weight is 1080 g/mol. The highest BCUT2D eigenvalue weighted by Gasteiger charge is 2.50. The molecule has 1 N–H and O–H groups in total. The maximum absolute atomic E-state index is 17.4. The molecule has 412 valence electrons. The summed E-state index contributed by atoms with van der Waals surface area (Å²) in [6.07, 6.45) is 14.8. The van der Waals surface area contributed by atoms with E-state index < -0.39 is 23.6 Å². The Kier molecular flexibility index (Phi) is 13.5. The van der Waals surface area contributed by atoms with Crippen molar-refractivity contribution < 1.29 is 42.1 Å². The number of nitrogens with zero attached hydrogens (tertiary/aromatic N) is 9. The van der Waals surface area contributed by atoms with E-state index in [1.165, 1.54) is 10.6 Å². The van der Waals surface area contributed by atoms with Crippen molar-refractivity contribution in [3.63, 3.8) is 0 Å². The summed E-state index contributed by atoms with van der Waals surface area (Å²) >= 11 is 0. The van der Waals surface area contributed by atoms with Crippen molar-refractivity contribution in [1.29, 1.82) is 0 Å². The number of anilines is 2. The molecule has 10 heterocycles. The van der Waals surface area contributed by atoms with Crippen LogP contribution in [0.25, 0.3) is 44.0 Å². The Labute approximate surface area is 455 Å². The maximum Gasteiger partial charge on any atom is 0.409 e. The number of likely N-dealkylation sites (tertiary alicyclic amines) is 1. The maximum atomic E-state index is 17.4. The van der Waals surface area contributed by atoms with E-state index in [1.807, 2.05) is 24.3 Å².